The average molecular weight is 299 g/mol. The molecule has 0 spiro atoms. The van der Waals surface area contributed by atoms with E-state index in [2.05, 4.69) is 47.7 Å². The molecule has 1 saturated heterocycles. The van der Waals surface area contributed by atoms with E-state index in [9.17, 15) is 0 Å². The van der Waals surface area contributed by atoms with E-state index in [0.29, 0.717) is 5.92 Å². The summed E-state index contributed by atoms with van der Waals surface area (Å²) in [5.74, 6) is 1.73. The number of likely N-dealkylation sites (tertiary alicyclic amines) is 1. The Morgan fingerprint density at radius 2 is 1.95 bits per heavy atom. The molecule has 2 aromatic rings. The van der Waals surface area contributed by atoms with Gasteiger partial charge in [0, 0.05) is 22.8 Å². The standard InChI is InChI=1S/C18H21NOS/c1-19-9-6-13(7-10-19)18-15-8-11-21-17(15)12-14-4-2-3-5-16(14)20-18/h2-5,8,11,13,18H,6-7,9-10,12H2,1H3. The van der Waals surface area contributed by atoms with Gasteiger partial charge >= 0.3 is 0 Å². The zero-order valence-electron chi connectivity index (χ0n) is 12.4. The first-order chi connectivity index (χ1) is 10.3. The van der Waals surface area contributed by atoms with Crippen molar-refractivity contribution in [3.05, 3.63) is 51.7 Å². The van der Waals surface area contributed by atoms with E-state index in [4.69, 9.17) is 4.74 Å². The molecule has 2 nitrogen and oxygen atoms in total. The molecule has 1 atom stereocenters. The highest BCUT2D eigenvalue weighted by Crippen LogP contribution is 2.42. The van der Waals surface area contributed by atoms with Gasteiger partial charge < -0.3 is 9.64 Å². The van der Waals surface area contributed by atoms with E-state index < -0.39 is 0 Å². The minimum atomic E-state index is 0.239. The lowest BCUT2D eigenvalue weighted by atomic mass is 9.87. The lowest BCUT2D eigenvalue weighted by Gasteiger charge is -2.34. The van der Waals surface area contributed by atoms with Crippen molar-refractivity contribution in [2.24, 2.45) is 5.92 Å². The predicted molar refractivity (Wildman–Crippen MR) is 87.2 cm³/mol. The Hall–Kier alpha value is -1.32. The van der Waals surface area contributed by atoms with E-state index in [-0.39, 0.29) is 6.10 Å². The number of rotatable bonds is 1. The highest BCUT2D eigenvalue weighted by atomic mass is 32.1. The van der Waals surface area contributed by atoms with Crippen LogP contribution in [0, 0.1) is 5.92 Å². The summed E-state index contributed by atoms with van der Waals surface area (Å²) in [5.41, 5.74) is 2.77. The summed E-state index contributed by atoms with van der Waals surface area (Å²) in [4.78, 5) is 3.92. The number of nitrogens with zero attached hydrogens (tertiary/aromatic N) is 1. The molecule has 0 radical (unpaired) electrons. The van der Waals surface area contributed by atoms with Gasteiger partial charge in [-0.25, -0.2) is 0 Å². The van der Waals surface area contributed by atoms with Gasteiger partial charge in [0.25, 0.3) is 0 Å². The minimum Gasteiger partial charge on any atom is -0.485 e. The van der Waals surface area contributed by atoms with Crippen LogP contribution in [0.5, 0.6) is 5.75 Å². The largest absolute Gasteiger partial charge is 0.485 e. The van der Waals surface area contributed by atoms with E-state index in [1.54, 1.807) is 0 Å². The number of thiophene rings is 1. The highest BCUT2D eigenvalue weighted by molar-refractivity contribution is 7.10. The normalized spacial score (nSPS) is 23.0. The van der Waals surface area contributed by atoms with Gasteiger partial charge in [-0.15, -0.1) is 11.3 Å². The summed E-state index contributed by atoms with van der Waals surface area (Å²) in [6, 6.07) is 10.8. The molecule has 0 amide bonds. The van der Waals surface area contributed by atoms with Crippen molar-refractivity contribution < 1.29 is 4.74 Å². The molecule has 0 N–H and O–H groups in total. The van der Waals surface area contributed by atoms with Gasteiger partial charge in [-0.05, 0) is 56.1 Å². The molecule has 0 saturated carbocycles. The average Bonchev–Trinajstić information content (AvgIpc) is 2.89. The molecule has 21 heavy (non-hydrogen) atoms. The lowest BCUT2D eigenvalue weighted by molar-refractivity contribution is 0.0857. The molecular formula is C18H21NOS. The van der Waals surface area contributed by atoms with Crippen LogP contribution < -0.4 is 4.74 Å². The van der Waals surface area contributed by atoms with Crippen molar-refractivity contribution in [2.45, 2.75) is 25.4 Å². The molecule has 1 aromatic heterocycles. The zero-order valence-corrected chi connectivity index (χ0v) is 13.2. The predicted octanol–water partition coefficient (Wildman–Crippen LogP) is 4.11. The van der Waals surface area contributed by atoms with Gasteiger partial charge in [-0.2, -0.15) is 0 Å². The molecule has 110 valence electrons. The fraction of sp³-hybridized carbons (Fsp3) is 0.444. The maximum Gasteiger partial charge on any atom is 0.128 e. The van der Waals surface area contributed by atoms with Crippen LogP contribution in [0.2, 0.25) is 0 Å². The molecule has 2 aliphatic heterocycles. The van der Waals surface area contributed by atoms with E-state index in [1.165, 1.54) is 41.9 Å². The number of piperidine rings is 1. The number of para-hydroxylation sites is 1. The smallest absolute Gasteiger partial charge is 0.128 e. The fourth-order valence-corrected chi connectivity index (χ4v) is 4.51. The first-order valence-corrected chi connectivity index (χ1v) is 8.68. The Bertz CT molecular complexity index is 628. The maximum absolute atomic E-state index is 6.50. The van der Waals surface area contributed by atoms with Crippen LogP contribution >= 0.6 is 11.3 Å². The Balaban J connectivity index is 1.70. The summed E-state index contributed by atoms with van der Waals surface area (Å²) >= 11 is 1.88. The van der Waals surface area contributed by atoms with E-state index in [1.807, 2.05) is 11.3 Å². The van der Waals surface area contributed by atoms with Crippen molar-refractivity contribution in [3.8, 4) is 5.75 Å². The fourth-order valence-electron chi connectivity index (χ4n) is 3.57. The van der Waals surface area contributed by atoms with Crippen LogP contribution in [-0.2, 0) is 6.42 Å². The van der Waals surface area contributed by atoms with Crippen molar-refractivity contribution in [3.63, 3.8) is 0 Å². The van der Waals surface area contributed by atoms with Crippen LogP contribution in [0.15, 0.2) is 35.7 Å². The molecule has 3 heteroatoms. The van der Waals surface area contributed by atoms with E-state index >= 15 is 0 Å². The number of fused-ring (bicyclic) bond motifs is 2. The van der Waals surface area contributed by atoms with Crippen LogP contribution in [0.4, 0.5) is 0 Å². The second-order valence-corrected chi connectivity index (χ2v) is 7.26. The maximum atomic E-state index is 6.50. The Morgan fingerprint density at radius 1 is 1.14 bits per heavy atom. The second-order valence-electron chi connectivity index (χ2n) is 6.26. The van der Waals surface area contributed by atoms with Gasteiger partial charge in [0.15, 0.2) is 0 Å². The quantitative estimate of drug-likeness (QED) is 0.785. The van der Waals surface area contributed by atoms with Gasteiger partial charge in [0.2, 0.25) is 0 Å². The number of benzene rings is 1. The monoisotopic (exact) mass is 299 g/mol. The van der Waals surface area contributed by atoms with Crippen LogP contribution in [0.3, 0.4) is 0 Å². The molecule has 1 fully saturated rings. The molecule has 0 bridgehead atoms. The summed E-state index contributed by atoms with van der Waals surface area (Å²) in [6.07, 6.45) is 3.73. The molecule has 1 aromatic carbocycles. The Morgan fingerprint density at radius 3 is 2.81 bits per heavy atom. The van der Waals surface area contributed by atoms with Crippen LogP contribution in [-0.4, -0.2) is 25.0 Å². The first-order valence-electron chi connectivity index (χ1n) is 7.80. The SMILES string of the molecule is CN1CCC(C2Oc3ccccc3Cc3sccc32)CC1. The highest BCUT2D eigenvalue weighted by Gasteiger charge is 2.32. The van der Waals surface area contributed by atoms with E-state index in [0.717, 1.165) is 12.2 Å². The number of hydrogen-bond donors (Lipinski definition) is 0. The summed E-state index contributed by atoms with van der Waals surface area (Å²) in [5, 5.41) is 2.23. The minimum absolute atomic E-state index is 0.239. The third-order valence-corrected chi connectivity index (χ3v) is 5.79. The summed E-state index contributed by atoms with van der Waals surface area (Å²) < 4.78 is 6.50. The number of hydrogen-bond acceptors (Lipinski definition) is 3. The van der Waals surface area contributed by atoms with Gasteiger partial charge in [0.1, 0.15) is 11.9 Å². The Labute approximate surface area is 130 Å². The molecular weight excluding hydrogens is 278 g/mol. The summed E-state index contributed by atoms with van der Waals surface area (Å²) in [7, 11) is 2.22. The topological polar surface area (TPSA) is 12.5 Å². The lowest BCUT2D eigenvalue weighted by Crippen LogP contribution is -2.34. The third kappa shape index (κ3) is 2.49. The number of ether oxygens (including phenoxy) is 1. The van der Waals surface area contributed by atoms with Gasteiger partial charge in [-0.3, -0.25) is 0 Å². The van der Waals surface area contributed by atoms with Gasteiger partial charge in [-0.1, -0.05) is 18.2 Å². The summed E-state index contributed by atoms with van der Waals surface area (Å²) in [6.45, 7) is 2.37. The first kappa shape index (κ1) is 13.4. The molecule has 2 aliphatic rings. The van der Waals surface area contributed by atoms with Crippen molar-refractivity contribution in [1.29, 1.82) is 0 Å². The second kappa shape index (κ2) is 5.47. The van der Waals surface area contributed by atoms with Crippen molar-refractivity contribution >= 4 is 11.3 Å². The molecule has 4 rings (SSSR count). The molecule has 1 unspecified atom stereocenters. The van der Waals surface area contributed by atoms with Gasteiger partial charge in [0.05, 0.1) is 0 Å². The third-order valence-electron chi connectivity index (χ3n) is 4.86. The Kier molecular flexibility index (Phi) is 3.48. The van der Waals surface area contributed by atoms with Crippen LogP contribution in [0.25, 0.3) is 0 Å². The van der Waals surface area contributed by atoms with Crippen LogP contribution in [0.1, 0.15) is 34.9 Å². The molecule has 0 aliphatic carbocycles. The zero-order chi connectivity index (χ0) is 14.2. The molecule has 3 heterocycles. The van der Waals surface area contributed by atoms with Crippen molar-refractivity contribution in [2.75, 3.05) is 20.1 Å². The van der Waals surface area contributed by atoms with Crippen molar-refractivity contribution in [1.82, 2.24) is 4.90 Å².